The largest absolute Gasteiger partial charge is 0.480 e. The molecule has 0 spiro atoms. The molecule has 0 aromatic heterocycles. The quantitative estimate of drug-likeness (QED) is 0.490. The van der Waals surface area contributed by atoms with Crippen molar-refractivity contribution in [2.75, 3.05) is 12.0 Å². The highest BCUT2D eigenvalue weighted by molar-refractivity contribution is 7.98. The van der Waals surface area contributed by atoms with Crippen LogP contribution in [0.15, 0.2) is 0 Å². The minimum Gasteiger partial charge on any atom is -0.480 e. The van der Waals surface area contributed by atoms with Crippen LogP contribution in [0.1, 0.15) is 6.42 Å². The molecule has 0 heterocycles. The Morgan fingerprint density at radius 2 is 2.08 bits per heavy atom. The Balaban J connectivity index is 0. The van der Waals surface area contributed by atoms with Crippen LogP contribution in [-0.2, 0) is 24.8 Å². The summed E-state index contributed by atoms with van der Waals surface area (Å²) in [7, 11) is 0. The van der Waals surface area contributed by atoms with Crippen molar-refractivity contribution < 1.29 is 18.3 Å². The summed E-state index contributed by atoms with van der Waals surface area (Å²) in [5, 5.41) is 8.27. The highest BCUT2D eigenvalue weighted by Gasteiger charge is 2.08. The van der Waals surface area contributed by atoms with E-state index in [9.17, 15) is 4.79 Å². The van der Waals surface area contributed by atoms with Crippen molar-refractivity contribution in [2.45, 2.75) is 12.5 Å². The van der Waals surface area contributed by atoms with Gasteiger partial charge in [0, 0.05) is 0 Å². The predicted octanol–water partition coefficient (Wildman–Crippen LogP) is -0.356. The summed E-state index contributed by atoms with van der Waals surface area (Å²) in [4.78, 5) is 10.1. The van der Waals surface area contributed by atoms with Crippen LogP contribution in [0, 0.1) is 0 Å². The molecule has 1 atom stereocenters. The smallest absolute Gasteiger partial charge is 0.320 e. The van der Waals surface area contributed by atoms with Crippen molar-refractivity contribution in [3.63, 3.8) is 0 Å². The molecule has 0 aromatic rings. The van der Waals surface area contributed by atoms with Crippen LogP contribution in [0.2, 0.25) is 0 Å². The molecule has 0 unspecified atom stereocenters. The summed E-state index contributed by atoms with van der Waals surface area (Å²) in [6.07, 6.45) is 2.48. The minimum absolute atomic E-state index is 0.552. The SMILES string of the molecule is CSCC[C@H](N)C(=O)O.O=[SH-]=O. The van der Waals surface area contributed by atoms with E-state index in [0.717, 1.165) is 5.75 Å². The van der Waals surface area contributed by atoms with Gasteiger partial charge >= 0.3 is 5.97 Å². The number of carbonyl (C=O) groups is 1. The number of thiol groups is 1. The molecule has 0 saturated heterocycles. The van der Waals surface area contributed by atoms with Gasteiger partial charge in [-0.3, -0.25) is 4.79 Å². The van der Waals surface area contributed by atoms with Gasteiger partial charge in [-0.05, 0) is 18.4 Å². The lowest BCUT2D eigenvalue weighted by Gasteiger charge is -2.02. The van der Waals surface area contributed by atoms with Gasteiger partial charge in [0.1, 0.15) is 6.04 Å². The number of thioether (sulfide) groups is 1. The molecule has 0 rings (SSSR count). The molecule has 0 aliphatic carbocycles. The molecule has 0 fully saturated rings. The molecule has 3 N–H and O–H groups in total. The van der Waals surface area contributed by atoms with E-state index in [1.54, 1.807) is 11.8 Å². The number of hydrogen-bond donors (Lipinski definition) is 2. The third-order valence-corrected chi connectivity index (χ3v) is 1.59. The zero-order valence-electron chi connectivity index (χ0n) is 6.60. The van der Waals surface area contributed by atoms with E-state index >= 15 is 0 Å². The average molecular weight is 214 g/mol. The second kappa shape index (κ2) is 10.7. The van der Waals surface area contributed by atoms with Gasteiger partial charge in [0.15, 0.2) is 0 Å². The van der Waals surface area contributed by atoms with E-state index < -0.39 is 23.6 Å². The van der Waals surface area contributed by atoms with Crippen molar-refractivity contribution in [1.82, 2.24) is 0 Å². The number of nitrogens with two attached hydrogens (primary N) is 1. The van der Waals surface area contributed by atoms with Gasteiger partial charge in [0.2, 0.25) is 0 Å². The Labute approximate surface area is 78.3 Å². The van der Waals surface area contributed by atoms with E-state index in [1.807, 2.05) is 6.26 Å². The molecule has 12 heavy (non-hydrogen) atoms. The van der Waals surface area contributed by atoms with Crippen molar-refractivity contribution >= 4 is 29.3 Å². The summed E-state index contributed by atoms with van der Waals surface area (Å²) in [6.45, 7) is 0. The van der Waals surface area contributed by atoms with Gasteiger partial charge in [-0.1, -0.05) is 11.6 Å². The Morgan fingerprint density at radius 3 is 2.33 bits per heavy atom. The van der Waals surface area contributed by atoms with Crippen molar-refractivity contribution in [3.8, 4) is 0 Å². The molecule has 0 radical (unpaired) electrons. The van der Waals surface area contributed by atoms with Crippen molar-refractivity contribution in [2.24, 2.45) is 5.73 Å². The number of aliphatic carboxylic acids is 1. The maximum atomic E-state index is 10.1. The molecule has 0 aromatic carbocycles. The number of rotatable bonds is 4. The van der Waals surface area contributed by atoms with Crippen LogP contribution in [-0.4, -0.2) is 29.1 Å². The standard InChI is InChI=1S/C5H11NO2S.HO2S/c1-9-3-2-4(6)5(7)8;1-3-2/h4H,2-3,6H2,1H3,(H,7,8);3H/q;-1/t4-;/m0./s1. The fourth-order valence-corrected chi connectivity index (χ4v) is 0.858. The molecule has 74 valence electrons. The minimum atomic E-state index is -1.08. The Hall–Kier alpha value is -0.270. The second-order valence-corrected chi connectivity index (χ2v) is 2.94. The average Bonchev–Trinajstić information content (AvgIpc) is 2.01. The van der Waals surface area contributed by atoms with E-state index in [-0.39, 0.29) is 0 Å². The molecule has 0 bridgehead atoms. The zero-order chi connectivity index (χ0) is 9.98. The molecular weight excluding hydrogens is 202 g/mol. The van der Waals surface area contributed by atoms with Crippen LogP contribution in [0.4, 0.5) is 0 Å². The summed E-state index contributed by atoms with van der Waals surface area (Å²) < 4.78 is 16.7. The van der Waals surface area contributed by atoms with Crippen molar-refractivity contribution in [1.29, 1.82) is 0 Å². The monoisotopic (exact) mass is 214 g/mol. The van der Waals surface area contributed by atoms with Gasteiger partial charge in [-0.15, -0.1) is 0 Å². The fourth-order valence-electron chi connectivity index (χ4n) is 0.368. The highest BCUT2D eigenvalue weighted by atomic mass is 32.2. The normalized spacial score (nSPS) is 11.2. The van der Waals surface area contributed by atoms with Gasteiger partial charge in [0.05, 0.1) is 0 Å². The van der Waals surface area contributed by atoms with E-state index in [2.05, 4.69) is 0 Å². The summed E-state index contributed by atoms with van der Waals surface area (Å²) in [6, 6.07) is -0.683. The zero-order valence-corrected chi connectivity index (χ0v) is 8.31. The predicted molar refractivity (Wildman–Crippen MR) is 48.7 cm³/mol. The van der Waals surface area contributed by atoms with E-state index in [4.69, 9.17) is 19.3 Å². The number of carboxylic acids is 1. The summed E-state index contributed by atoms with van der Waals surface area (Å²) >= 11 is 0.521. The fraction of sp³-hybridized carbons (Fsp3) is 0.800. The van der Waals surface area contributed by atoms with Crippen LogP contribution in [0.3, 0.4) is 0 Å². The number of carboxylic acid groups (broad SMARTS) is 1. The molecule has 0 aliphatic rings. The second-order valence-electron chi connectivity index (χ2n) is 1.80. The highest BCUT2D eigenvalue weighted by Crippen LogP contribution is 1.97. The molecule has 0 amide bonds. The van der Waals surface area contributed by atoms with E-state index in [1.165, 1.54) is 0 Å². The Bertz CT molecular complexity index is 158. The molecule has 0 aliphatic heterocycles. The summed E-state index contributed by atoms with van der Waals surface area (Å²) in [5.41, 5.74) is 5.19. The molecule has 5 nitrogen and oxygen atoms in total. The van der Waals surface area contributed by atoms with Crippen LogP contribution in [0.25, 0.3) is 0 Å². The third kappa shape index (κ3) is 12.4. The maximum Gasteiger partial charge on any atom is 0.320 e. The topological polar surface area (TPSA) is 97.5 Å². The van der Waals surface area contributed by atoms with Gasteiger partial charge in [0.25, 0.3) is 0 Å². The summed E-state index contributed by atoms with van der Waals surface area (Å²) in [5.74, 6) is -0.1000. The lowest BCUT2D eigenvalue weighted by atomic mass is 10.2. The first-order chi connectivity index (χ1) is 5.59. The molecular formula is C5H12NO4S2-. The lowest BCUT2D eigenvalue weighted by molar-refractivity contribution is -0.138. The Morgan fingerprint density at radius 1 is 1.67 bits per heavy atom. The third-order valence-electron chi connectivity index (χ3n) is 0.950. The van der Waals surface area contributed by atoms with Crippen LogP contribution in [0.5, 0.6) is 0 Å². The lowest BCUT2D eigenvalue weighted by Crippen LogP contribution is -2.30. The van der Waals surface area contributed by atoms with Gasteiger partial charge in [-0.25, -0.2) is 0 Å². The molecule has 7 heteroatoms. The van der Waals surface area contributed by atoms with Gasteiger partial charge < -0.3 is 19.3 Å². The first-order valence-electron chi connectivity index (χ1n) is 3.02. The number of hydrogen-bond acceptors (Lipinski definition) is 6. The molecule has 0 saturated carbocycles. The van der Waals surface area contributed by atoms with Crippen molar-refractivity contribution in [3.05, 3.63) is 0 Å². The first kappa shape index (κ1) is 14.3. The van der Waals surface area contributed by atoms with Crippen LogP contribution >= 0.6 is 11.8 Å². The Kier molecular flexibility index (Phi) is 12.8. The maximum absolute atomic E-state index is 10.1. The van der Waals surface area contributed by atoms with Gasteiger partial charge in [-0.2, -0.15) is 11.8 Å². The van der Waals surface area contributed by atoms with Crippen LogP contribution < -0.4 is 5.73 Å². The first-order valence-corrected chi connectivity index (χ1v) is 5.14. The van der Waals surface area contributed by atoms with E-state index in [0.29, 0.717) is 6.42 Å².